The highest BCUT2D eigenvalue weighted by atomic mass is 19.1. The molecular formula is C15H17FN2. The summed E-state index contributed by atoms with van der Waals surface area (Å²) < 4.78 is 13.3. The Balaban J connectivity index is 2.26. The average molecular weight is 244 g/mol. The summed E-state index contributed by atoms with van der Waals surface area (Å²) in [5, 5.41) is 3.23. The Kier molecular flexibility index (Phi) is 4.05. The van der Waals surface area contributed by atoms with Crippen LogP contribution in [0.3, 0.4) is 0 Å². The summed E-state index contributed by atoms with van der Waals surface area (Å²) in [6, 6.07) is 10.8. The van der Waals surface area contributed by atoms with Crippen LogP contribution in [0.4, 0.5) is 4.39 Å². The van der Waals surface area contributed by atoms with E-state index in [-0.39, 0.29) is 11.9 Å². The van der Waals surface area contributed by atoms with Gasteiger partial charge in [0, 0.05) is 24.4 Å². The van der Waals surface area contributed by atoms with Gasteiger partial charge in [0.05, 0.1) is 0 Å². The van der Waals surface area contributed by atoms with Crippen molar-refractivity contribution in [2.45, 2.75) is 19.4 Å². The molecule has 0 aliphatic heterocycles. The van der Waals surface area contributed by atoms with Gasteiger partial charge in [0.1, 0.15) is 5.82 Å². The minimum absolute atomic E-state index is 0.0793. The summed E-state index contributed by atoms with van der Waals surface area (Å²) in [6.45, 7) is 2.00. The molecule has 2 nitrogen and oxygen atoms in total. The molecule has 0 saturated carbocycles. The molecule has 0 bridgehead atoms. The van der Waals surface area contributed by atoms with Crippen molar-refractivity contribution in [3.63, 3.8) is 0 Å². The van der Waals surface area contributed by atoms with Gasteiger partial charge in [-0.2, -0.15) is 0 Å². The van der Waals surface area contributed by atoms with Crippen molar-refractivity contribution in [3.8, 4) is 0 Å². The molecule has 2 rings (SSSR count). The molecule has 1 unspecified atom stereocenters. The summed E-state index contributed by atoms with van der Waals surface area (Å²) in [4.78, 5) is 4.31. The number of nitrogens with zero attached hydrogens (tertiary/aromatic N) is 1. The Bertz CT molecular complexity index is 511. The first-order chi connectivity index (χ1) is 8.70. The van der Waals surface area contributed by atoms with E-state index in [1.165, 1.54) is 6.07 Å². The fourth-order valence-electron chi connectivity index (χ4n) is 2.08. The van der Waals surface area contributed by atoms with Crippen LogP contribution in [0.5, 0.6) is 0 Å². The molecule has 0 aliphatic carbocycles. The molecule has 94 valence electrons. The van der Waals surface area contributed by atoms with Crippen molar-refractivity contribution in [3.05, 3.63) is 65.2 Å². The van der Waals surface area contributed by atoms with Crippen LogP contribution in [-0.4, -0.2) is 12.0 Å². The first-order valence-electron chi connectivity index (χ1n) is 6.04. The van der Waals surface area contributed by atoms with E-state index >= 15 is 0 Å². The van der Waals surface area contributed by atoms with Crippen molar-refractivity contribution in [2.75, 3.05) is 7.05 Å². The number of hydrogen-bond acceptors (Lipinski definition) is 2. The quantitative estimate of drug-likeness (QED) is 0.894. The molecule has 1 heterocycles. The van der Waals surface area contributed by atoms with Gasteiger partial charge in [0.25, 0.3) is 0 Å². The predicted molar refractivity (Wildman–Crippen MR) is 70.9 cm³/mol. The molecule has 1 N–H and O–H groups in total. The zero-order chi connectivity index (χ0) is 13.0. The van der Waals surface area contributed by atoms with Crippen LogP contribution in [0.2, 0.25) is 0 Å². The minimum atomic E-state index is -0.197. The SMILES string of the molecule is CNC(Cc1ccccn1)c1cc(F)ccc1C. The molecule has 0 spiro atoms. The fraction of sp³-hybridized carbons (Fsp3) is 0.267. The van der Waals surface area contributed by atoms with Gasteiger partial charge in [-0.3, -0.25) is 4.98 Å². The van der Waals surface area contributed by atoms with Gasteiger partial charge in [-0.1, -0.05) is 12.1 Å². The third-order valence-electron chi connectivity index (χ3n) is 3.10. The van der Waals surface area contributed by atoms with E-state index in [1.807, 2.05) is 38.2 Å². The number of hydrogen-bond donors (Lipinski definition) is 1. The van der Waals surface area contributed by atoms with E-state index in [0.717, 1.165) is 23.2 Å². The van der Waals surface area contributed by atoms with Crippen LogP contribution >= 0.6 is 0 Å². The summed E-state index contributed by atoms with van der Waals surface area (Å²) in [6.07, 6.45) is 2.53. The Hall–Kier alpha value is -1.74. The van der Waals surface area contributed by atoms with Gasteiger partial charge >= 0.3 is 0 Å². The second kappa shape index (κ2) is 5.74. The number of rotatable bonds is 4. The zero-order valence-corrected chi connectivity index (χ0v) is 10.7. The second-order valence-electron chi connectivity index (χ2n) is 4.37. The van der Waals surface area contributed by atoms with Crippen molar-refractivity contribution in [2.24, 2.45) is 0 Å². The third-order valence-corrected chi connectivity index (χ3v) is 3.10. The standard InChI is InChI=1S/C15H17FN2/c1-11-6-7-12(16)9-14(11)15(17-2)10-13-5-3-4-8-18-13/h3-9,15,17H,10H2,1-2H3. The van der Waals surface area contributed by atoms with Crippen LogP contribution in [0.1, 0.15) is 22.9 Å². The number of aromatic nitrogens is 1. The van der Waals surface area contributed by atoms with E-state index in [2.05, 4.69) is 10.3 Å². The Morgan fingerprint density at radius 1 is 1.28 bits per heavy atom. The van der Waals surface area contributed by atoms with E-state index in [9.17, 15) is 4.39 Å². The van der Waals surface area contributed by atoms with Crippen LogP contribution < -0.4 is 5.32 Å². The van der Waals surface area contributed by atoms with Gasteiger partial charge in [0.2, 0.25) is 0 Å². The molecule has 3 heteroatoms. The lowest BCUT2D eigenvalue weighted by molar-refractivity contribution is 0.568. The molecule has 1 atom stereocenters. The minimum Gasteiger partial charge on any atom is -0.313 e. The zero-order valence-electron chi connectivity index (χ0n) is 10.7. The molecule has 0 amide bonds. The number of aryl methyl sites for hydroxylation is 1. The number of likely N-dealkylation sites (N-methyl/N-ethyl adjacent to an activating group) is 1. The maximum Gasteiger partial charge on any atom is 0.123 e. The number of benzene rings is 1. The fourth-order valence-corrected chi connectivity index (χ4v) is 2.08. The molecule has 0 fully saturated rings. The molecule has 1 aromatic heterocycles. The number of nitrogens with one attached hydrogen (secondary N) is 1. The third kappa shape index (κ3) is 2.93. The van der Waals surface area contributed by atoms with Gasteiger partial charge in [-0.15, -0.1) is 0 Å². The monoisotopic (exact) mass is 244 g/mol. The highest BCUT2D eigenvalue weighted by Crippen LogP contribution is 2.21. The van der Waals surface area contributed by atoms with Crippen LogP contribution in [0.25, 0.3) is 0 Å². The summed E-state index contributed by atoms with van der Waals surface area (Å²) in [7, 11) is 1.89. The Labute approximate surface area is 107 Å². The smallest absolute Gasteiger partial charge is 0.123 e. The van der Waals surface area contributed by atoms with E-state index < -0.39 is 0 Å². The summed E-state index contributed by atoms with van der Waals surface area (Å²) in [5.41, 5.74) is 3.08. The Morgan fingerprint density at radius 3 is 2.78 bits per heavy atom. The molecular weight excluding hydrogens is 227 g/mol. The maximum absolute atomic E-state index is 13.3. The molecule has 0 aliphatic rings. The first kappa shape index (κ1) is 12.7. The number of halogens is 1. The maximum atomic E-state index is 13.3. The first-order valence-corrected chi connectivity index (χ1v) is 6.04. The highest BCUT2D eigenvalue weighted by Gasteiger charge is 2.13. The molecule has 2 aromatic rings. The van der Waals surface area contributed by atoms with Crippen molar-refractivity contribution >= 4 is 0 Å². The van der Waals surface area contributed by atoms with E-state index in [0.29, 0.717) is 0 Å². The van der Waals surface area contributed by atoms with E-state index in [4.69, 9.17) is 0 Å². The molecule has 0 saturated heterocycles. The van der Waals surface area contributed by atoms with Crippen molar-refractivity contribution < 1.29 is 4.39 Å². The second-order valence-corrected chi connectivity index (χ2v) is 4.37. The lowest BCUT2D eigenvalue weighted by Crippen LogP contribution is -2.20. The van der Waals surface area contributed by atoms with Crippen LogP contribution in [0, 0.1) is 12.7 Å². The highest BCUT2D eigenvalue weighted by molar-refractivity contribution is 5.30. The average Bonchev–Trinajstić information content (AvgIpc) is 2.40. The topological polar surface area (TPSA) is 24.9 Å². The number of pyridine rings is 1. The van der Waals surface area contributed by atoms with Gasteiger partial charge in [-0.05, 0) is 49.4 Å². The van der Waals surface area contributed by atoms with Crippen LogP contribution in [-0.2, 0) is 6.42 Å². The molecule has 18 heavy (non-hydrogen) atoms. The lowest BCUT2D eigenvalue weighted by atomic mass is 9.97. The van der Waals surface area contributed by atoms with Gasteiger partial charge in [-0.25, -0.2) is 4.39 Å². The van der Waals surface area contributed by atoms with Crippen molar-refractivity contribution in [1.82, 2.24) is 10.3 Å². The largest absolute Gasteiger partial charge is 0.313 e. The normalized spacial score (nSPS) is 12.4. The predicted octanol–water partition coefficient (Wildman–Crippen LogP) is 3.03. The lowest BCUT2D eigenvalue weighted by Gasteiger charge is -2.18. The van der Waals surface area contributed by atoms with Gasteiger partial charge in [0.15, 0.2) is 0 Å². The van der Waals surface area contributed by atoms with E-state index in [1.54, 1.807) is 12.3 Å². The summed E-state index contributed by atoms with van der Waals surface area (Å²) >= 11 is 0. The Morgan fingerprint density at radius 2 is 2.11 bits per heavy atom. The molecule has 1 aromatic carbocycles. The van der Waals surface area contributed by atoms with Crippen molar-refractivity contribution in [1.29, 1.82) is 0 Å². The molecule has 0 radical (unpaired) electrons. The van der Waals surface area contributed by atoms with Crippen LogP contribution in [0.15, 0.2) is 42.6 Å². The van der Waals surface area contributed by atoms with Gasteiger partial charge < -0.3 is 5.32 Å². The summed E-state index contributed by atoms with van der Waals surface area (Å²) in [5.74, 6) is -0.197.